The number of aromatic hydroxyl groups is 1. The van der Waals surface area contributed by atoms with Gasteiger partial charge >= 0.3 is 0 Å². The highest BCUT2D eigenvalue weighted by Gasteiger charge is 2.15. The van der Waals surface area contributed by atoms with Gasteiger partial charge in [0.15, 0.2) is 5.78 Å². The molecule has 0 heterocycles. The van der Waals surface area contributed by atoms with Gasteiger partial charge in [0.1, 0.15) is 17.1 Å². The van der Waals surface area contributed by atoms with E-state index in [1.165, 1.54) is 12.1 Å². The van der Waals surface area contributed by atoms with Gasteiger partial charge in [-0.15, -0.1) is 11.6 Å². The van der Waals surface area contributed by atoms with E-state index in [1.807, 2.05) is 30.3 Å². The zero-order chi connectivity index (χ0) is 15.8. The van der Waals surface area contributed by atoms with Crippen LogP contribution in [0.5, 0.6) is 11.5 Å². The summed E-state index contributed by atoms with van der Waals surface area (Å²) in [6.07, 6.45) is 3.81. The van der Waals surface area contributed by atoms with Crippen molar-refractivity contribution in [3.63, 3.8) is 0 Å². The molecule has 0 spiro atoms. The summed E-state index contributed by atoms with van der Waals surface area (Å²) in [6.45, 7) is 0.398. The predicted molar refractivity (Wildman–Crippen MR) is 88.7 cm³/mol. The molecule has 22 heavy (non-hydrogen) atoms. The second-order valence-corrected chi connectivity index (χ2v) is 5.03. The fourth-order valence-corrected chi connectivity index (χ4v) is 2.05. The average Bonchev–Trinajstić information content (AvgIpc) is 2.54. The van der Waals surface area contributed by atoms with Crippen LogP contribution in [0.3, 0.4) is 0 Å². The number of ether oxygens (including phenoxy) is 1. The van der Waals surface area contributed by atoms with Gasteiger partial charge in [-0.2, -0.15) is 0 Å². The van der Waals surface area contributed by atoms with Gasteiger partial charge < -0.3 is 9.84 Å². The van der Waals surface area contributed by atoms with Gasteiger partial charge in [0.2, 0.25) is 0 Å². The number of allylic oxidation sites excluding steroid dienone is 1. The third-order valence-corrected chi connectivity index (χ3v) is 3.28. The summed E-state index contributed by atoms with van der Waals surface area (Å²) in [5.74, 6) is 0.456. The Balaban J connectivity index is 2.19. The Kier molecular flexibility index (Phi) is 6.04. The van der Waals surface area contributed by atoms with Crippen molar-refractivity contribution in [3.8, 4) is 11.5 Å². The standard InChI is InChI=1S/C18H17ClO3/c19-12-5-13-22-17-9-4-8-15(20)18(17)16(21)11-10-14-6-2-1-3-7-14/h1-4,6-11,20H,5,12-13H2. The Morgan fingerprint density at radius 1 is 1.14 bits per heavy atom. The number of phenolic OH excluding ortho intramolecular Hbond substituents is 1. The summed E-state index contributed by atoms with van der Waals surface area (Å²) < 4.78 is 5.53. The summed E-state index contributed by atoms with van der Waals surface area (Å²) in [5, 5.41) is 9.95. The van der Waals surface area contributed by atoms with Crippen molar-refractivity contribution in [2.75, 3.05) is 12.5 Å². The van der Waals surface area contributed by atoms with Crippen LogP contribution in [0.4, 0.5) is 0 Å². The first kappa shape index (κ1) is 16.1. The minimum Gasteiger partial charge on any atom is -0.507 e. The molecule has 2 aromatic rings. The number of rotatable bonds is 7. The Morgan fingerprint density at radius 2 is 1.91 bits per heavy atom. The number of benzene rings is 2. The predicted octanol–water partition coefficient (Wildman–Crippen LogP) is 4.30. The Labute approximate surface area is 134 Å². The fourth-order valence-electron chi connectivity index (χ4n) is 1.94. The lowest BCUT2D eigenvalue weighted by molar-refractivity contribution is 0.104. The van der Waals surface area contributed by atoms with Gasteiger partial charge in [-0.05, 0) is 30.2 Å². The van der Waals surface area contributed by atoms with Crippen molar-refractivity contribution in [1.29, 1.82) is 0 Å². The summed E-state index contributed by atoms with van der Waals surface area (Å²) >= 11 is 5.61. The first-order valence-electron chi connectivity index (χ1n) is 7.00. The molecule has 0 aliphatic carbocycles. The van der Waals surface area contributed by atoms with E-state index in [2.05, 4.69) is 0 Å². The number of hydrogen-bond acceptors (Lipinski definition) is 3. The number of halogens is 1. The molecule has 0 bridgehead atoms. The average molecular weight is 317 g/mol. The summed E-state index contributed by atoms with van der Waals surface area (Å²) in [5.41, 5.74) is 1.08. The molecule has 0 aromatic heterocycles. The number of phenols is 1. The highest BCUT2D eigenvalue weighted by Crippen LogP contribution is 2.28. The number of carbonyl (C=O) groups excluding carboxylic acids is 1. The van der Waals surface area contributed by atoms with E-state index in [-0.39, 0.29) is 17.1 Å². The first-order valence-corrected chi connectivity index (χ1v) is 7.54. The maximum Gasteiger partial charge on any atom is 0.193 e. The first-order chi connectivity index (χ1) is 10.7. The highest BCUT2D eigenvalue weighted by atomic mass is 35.5. The van der Waals surface area contributed by atoms with Crippen LogP contribution in [0.2, 0.25) is 0 Å². The van der Waals surface area contributed by atoms with E-state index < -0.39 is 0 Å². The minimum atomic E-state index is -0.303. The summed E-state index contributed by atoms with van der Waals surface area (Å²) in [6, 6.07) is 14.3. The second-order valence-electron chi connectivity index (χ2n) is 4.65. The van der Waals surface area contributed by atoms with Crippen LogP contribution < -0.4 is 4.74 Å². The van der Waals surface area contributed by atoms with Crippen LogP contribution in [-0.4, -0.2) is 23.4 Å². The van der Waals surface area contributed by atoms with Crippen molar-refractivity contribution in [2.45, 2.75) is 6.42 Å². The van der Waals surface area contributed by atoms with E-state index in [4.69, 9.17) is 16.3 Å². The Bertz CT molecular complexity index is 651. The minimum absolute atomic E-state index is 0.0916. The van der Waals surface area contributed by atoms with Crippen molar-refractivity contribution < 1.29 is 14.6 Å². The smallest absolute Gasteiger partial charge is 0.193 e. The van der Waals surface area contributed by atoms with Gasteiger partial charge in [-0.25, -0.2) is 0 Å². The molecule has 0 amide bonds. The normalized spacial score (nSPS) is 10.8. The number of ketones is 1. The molecule has 2 rings (SSSR count). The third kappa shape index (κ3) is 4.37. The molecule has 3 nitrogen and oxygen atoms in total. The lowest BCUT2D eigenvalue weighted by atomic mass is 10.1. The maximum atomic E-state index is 12.3. The lowest BCUT2D eigenvalue weighted by Crippen LogP contribution is -2.04. The molecule has 4 heteroatoms. The topological polar surface area (TPSA) is 46.5 Å². The fraction of sp³-hybridized carbons (Fsp3) is 0.167. The number of carbonyl (C=O) groups is 1. The molecule has 0 aliphatic rings. The molecule has 2 aromatic carbocycles. The van der Waals surface area contributed by atoms with Crippen molar-refractivity contribution in [1.82, 2.24) is 0 Å². The molecule has 0 aliphatic heterocycles. The Morgan fingerprint density at radius 3 is 2.64 bits per heavy atom. The molecule has 114 valence electrons. The van der Waals surface area contributed by atoms with Crippen LogP contribution in [0.25, 0.3) is 6.08 Å². The Hall–Kier alpha value is -2.26. The lowest BCUT2D eigenvalue weighted by Gasteiger charge is -2.10. The summed E-state index contributed by atoms with van der Waals surface area (Å²) in [4.78, 5) is 12.3. The SMILES string of the molecule is O=C(C=Cc1ccccc1)c1c(O)cccc1OCCCCl. The molecule has 0 saturated heterocycles. The second kappa shape index (κ2) is 8.25. The van der Waals surface area contributed by atoms with E-state index in [0.717, 1.165) is 5.56 Å². The zero-order valence-corrected chi connectivity index (χ0v) is 12.8. The van der Waals surface area contributed by atoms with Crippen LogP contribution >= 0.6 is 11.6 Å². The van der Waals surface area contributed by atoms with Gasteiger partial charge in [-0.3, -0.25) is 4.79 Å². The summed E-state index contributed by atoms with van der Waals surface area (Å²) in [7, 11) is 0. The molecule has 0 saturated carbocycles. The largest absolute Gasteiger partial charge is 0.507 e. The molecular formula is C18H17ClO3. The quantitative estimate of drug-likeness (QED) is 0.358. The van der Waals surface area contributed by atoms with Crippen LogP contribution in [0.15, 0.2) is 54.6 Å². The maximum absolute atomic E-state index is 12.3. The van der Waals surface area contributed by atoms with E-state index >= 15 is 0 Å². The van der Waals surface area contributed by atoms with Gasteiger partial charge in [0, 0.05) is 5.88 Å². The molecule has 0 atom stereocenters. The molecule has 0 unspecified atom stereocenters. The van der Waals surface area contributed by atoms with Crippen LogP contribution in [0, 0.1) is 0 Å². The molecule has 0 fully saturated rings. The highest BCUT2D eigenvalue weighted by molar-refractivity contribution is 6.17. The van der Waals surface area contributed by atoms with Gasteiger partial charge in [0.25, 0.3) is 0 Å². The molecular weight excluding hydrogens is 300 g/mol. The van der Waals surface area contributed by atoms with E-state index in [1.54, 1.807) is 18.2 Å². The third-order valence-electron chi connectivity index (χ3n) is 3.01. The van der Waals surface area contributed by atoms with Crippen molar-refractivity contribution >= 4 is 23.5 Å². The van der Waals surface area contributed by atoms with Crippen LogP contribution in [-0.2, 0) is 0 Å². The van der Waals surface area contributed by atoms with Gasteiger partial charge in [0.05, 0.1) is 6.61 Å². The monoisotopic (exact) mass is 316 g/mol. The molecule has 1 N–H and O–H groups in total. The number of hydrogen-bond donors (Lipinski definition) is 1. The zero-order valence-electron chi connectivity index (χ0n) is 12.0. The van der Waals surface area contributed by atoms with Crippen molar-refractivity contribution in [3.05, 3.63) is 65.7 Å². The number of alkyl halides is 1. The van der Waals surface area contributed by atoms with E-state index in [9.17, 15) is 9.90 Å². The van der Waals surface area contributed by atoms with Crippen molar-refractivity contribution in [2.24, 2.45) is 0 Å². The molecule has 0 radical (unpaired) electrons. The van der Waals surface area contributed by atoms with E-state index in [0.29, 0.717) is 24.7 Å². The van der Waals surface area contributed by atoms with Gasteiger partial charge in [-0.1, -0.05) is 42.5 Å². The van der Waals surface area contributed by atoms with Crippen LogP contribution in [0.1, 0.15) is 22.3 Å².